The maximum Gasteiger partial charge on any atom is 0.126 e. The summed E-state index contributed by atoms with van der Waals surface area (Å²) in [7, 11) is 0. The summed E-state index contributed by atoms with van der Waals surface area (Å²) >= 11 is 0. The van der Waals surface area contributed by atoms with Crippen molar-refractivity contribution in [1.82, 2.24) is 4.98 Å². The number of pyridine rings is 1. The van der Waals surface area contributed by atoms with Gasteiger partial charge in [0, 0.05) is 13.1 Å². The molecule has 0 bridgehead atoms. The Hall–Kier alpha value is -1.29. The number of anilines is 2. The van der Waals surface area contributed by atoms with E-state index in [1.165, 1.54) is 0 Å². The van der Waals surface area contributed by atoms with Crippen molar-refractivity contribution in [2.45, 2.75) is 6.92 Å². The first kappa shape index (κ1) is 9.27. The van der Waals surface area contributed by atoms with Gasteiger partial charge in [0.1, 0.15) is 5.82 Å². The van der Waals surface area contributed by atoms with Crippen LogP contribution in [0.1, 0.15) is 5.56 Å². The van der Waals surface area contributed by atoms with Crippen LogP contribution in [0.3, 0.4) is 0 Å². The molecular weight excluding hydrogens is 178 g/mol. The van der Waals surface area contributed by atoms with Gasteiger partial charge in [0.25, 0.3) is 0 Å². The minimum Gasteiger partial charge on any atom is -0.383 e. The van der Waals surface area contributed by atoms with Gasteiger partial charge >= 0.3 is 0 Å². The molecule has 0 aliphatic carbocycles. The highest BCUT2D eigenvalue weighted by Gasteiger charge is 2.11. The van der Waals surface area contributed by atoms with Crippen LogP contribution >= 0.6 is 0 Å². The normalized spacial score (nSPS) is 17.1. The molecule has 4 heteroatoms. The minimum atomic E-state index is 0.613. The van der Waals surface area contributed by atoms with Crippen LogP contribution in [0.5, 0.6) is 0 Å². The van der Waals surface area contributed by atoms with Gasteiger partial charge in [-0.1, -0.05) is 0 Å². The van der Waals surface area contributed by atoms with Gasteiger partial charge < -0.3 is 15.4 Å². The zero-order valence-electron chi connectivity index (χ0n) is 8.36. The molecule has 0 unspecified atom stereocenters. The van der Waals surface area contributed by atoms with E-state index in [9.17, 15) is 0 Å². The molecule has 1 aliphatic heterocycles. The number of nitrogen functional groups attached to an aromatic ring is 1. The summed E-state index contributed by atoms with van der Waals surface area (Å²) in [4.78, 5) is 6.42. The SMILES string of the molecule is Cc1cc(N2CCOCC2)cnc1N. The monoisotopic (exact) mass is 193 g/mol. The Balaban J connectivity index is 2.18. The maximum atomic E-state index is 5.66. The average Bonchev–Trinajstić information content (AvgIpc) is 2.23. The summed E-state index contributed by atoms with van der Waals surface area (Å²) in [5.74, 6) is 0.613. The maximum absolute atomic E-state index is 5.66. The first-order valence-corrected chi connectivity index (χ1v) is 4.82. The number of hydrogen-bond donors (Lipinski definition) is 1. The van der Waals surface area contributed by atoms with E-state index < -0.39 is 0 Å². The van der Waals surface area contributed by atoms with Crippen LogP contribution in [0.25, 0.3) is 0 Å². The van der Waals surface area contributed by atoms with E-state index in [1.807, 2.05) is 13.1 Å². The van der Waals surface area contributed by atoms with E-state index in [0.717, 1.165) is 37.6 Å². The lowest BCUT2D eigenvalue weighted by Gasteiger charge is -2.28. The van der Waals surface area contributed by atoms with Gasteiger partial charge in [-0.15, -0.1) is 0 Å². The molecule has 2 rings (SSSR count). The van der Waals surface area contributed by atoms with Crippen molar-refractivity contribution in [3.05, 3.63) is 17.8 Å². The molecule has 0 radical (unpaired) electrons. The number of ether oxygens (including phenoxy) is 1. The second-order valence-electron chi connectivity index (χ2n) is 3.50. The van der Waals surface area contributed by atoms with Crippen molar-refractivity contribution in [3.8, 4) is 0 Å². The molecule has 14 heavy (non-hydrogen) atoms. The Morgan fingerprint density at radius 1 is 1.43 bits per heavy atom. The molecule has 0 amide bonds. The molecule has 2 N–H and O–H groups in total. The van der Waals surface area contributed by atoms with Gasteiger partial charge in [-0.3, -0.25) is 0 Å². The van der Waals surface area contributed by atoms with E-state index >= 15 is 0 Å². The summed E-state index contributed by atoms with van der Waals surface area (Å²) < 4.78 is 5.29. The second-order valence-corrected chi connectivity index (χ2v) is 3.50. The molecule has 1 fully saturated rings. The van der Waals surface area contributed by atoms with Crippen LogP contribution in [-0.2, 0) is 4.74 Å². The number of rotatable bonds is 1. The van der Waals surface area contributed by atoms with Gasteiger partial charge in [0.15, 0.2) is 0 Å². The highest BCUT2D eigenvalue weighted by Crippen LogP contribution is 2.18. The first-order chi connectivity index (χ1) is 6.77. The molecule has 0 aromatic carbocycles. The van der Waals surface area contributed by atoms with Crippen LogP contribution in [0, 0.1) is 6.92 Å². The fourth-order valence-corrected chi connectivity index (χ4v) is 1.57. The number of nitrogens with two attached hydrogens (primary N) is 1. The van der Waals surface area contributed by atoms with E-state index in [1.54, 1.807) is 0 Å². The lowest BCUT2D eigenvalue weighted by Crippen LogP contribution is -2.36. The summed E-state index contributed by atoms with van der Waals surface area (Å²) in [6, 6.07) is 2.08. The molecule has 1 aliphatic rings. The van der Waals surface area contributed by atoms with Crippen molar-refractivity contribution >= 4 is 11.5 Å². The Kier molecular flexibility index (Phi) is 2.54. The van der Waals surface area contributed by atoms with Crippen molar-refractivity contribution in [2.75, 3.05) is 36.9 Å². The largest absolute Gasteiger partial charge is 0.383 e. The number of nitrogens with zero attached hydrogens (tertiary/aromatic N) is 2. The van der Waals surface area contributed by atoms with Gasteiger partial charge in [-0.2, -0.15) is 0 Å². The second kappa shape index (κ2) is 3.84. The van der Waals surface area contributed by atoms with Crippen LogP contribution < -0.4 is 10.6 Å². The zero-order chi connectivity index (χ0) is 9.97. The Labute approximate surface area is 83.7 Å². The first-order valence-electron chi connectivity index (χ1n) is 4.82. The van der Waals surface area contributed by atoms with Crippen LogP contribution in [-0.4, -0.2) is 31.3 Å². The molecule has 0 saturated carbocycles. The van der Waals surface area contributed by atoms with E-state index in [4.69, 9.17) is 10.5 Å². The highest BCUT2D eigenvalue weighted by atomic mass is 16.5. The zero-order valence-corrected chi connectivity index (χ0v) is 8.36. The summed E-state index contributed by atoms with van der Waals surface area (Å²) in [5.41, 5.74) is 7.84. The Bertz CT molecular complexity index is 321. The lowest BCUT2D eigenvalue weighted by molar-refractivity contribution is 0.122. The molecule has 76 valence electrons. The van der Waals surface area contributed by atoms with Gasteiger partial charge in [-0.05, 0) is 18.6 Å². The summed E-state index contributed by atoms with van der Waals surface area (Å²) in [6.45, 7) is 5.44. The van der Waals surface area contributed by atoms with E-state index in [2.05, 4.69) is 16.0 Å². The van der Waals surface area contributed by atoms with Gasteiger partial charge in [-0.25, -0.2) is 4.98 Å². The third-order valence-electron chi connectivity index (χ3n) is 2.48. The predicted octanol–water partition coefficient (Wildman–Crippen LogP) is 0.809. The van der Waals surface area contributed by atoms with Gasteiger partial charge in [0.05, 0.1) is 25.1 Å². The molecule has 1 aromatic heterocycles. The molecule has 1 aromatic rings. The summed E-state index contributed by atoms with van der Waals surface area (Å²) in [5, 5.41) is 0. The molecule has 1 saturated heterocycles. The fraction of sp³-hybridized carbons (Fsp3) is 0.500. The van der Waals surface area contributed by atoms with Crippen molar-refractivity contribution in [2.24, 2.45) is 0 Å². The lowest BCUT2D eigenvalue weighted by atomic mass is 10.2. The topological polar surface area (TPSA) is 51.4 Å². The molecule has 2 heterocycles. The fourth-order valence-electron chi connectivity index (χ4n) is 1.57. The number of aromatic nitrogens is 1. The van der Waals surface area contributed by atoms with Crippen molar-refractivity contribution in [3.63, 3.8) is 0 Å². The molecule has 0 spiro atoms. The quantitative estimate of drug-likeness (QED) is 0.717. The van der Waals surface area contributed by atoms with Crippen LogP contribution in [0.4, 0.5) is 11.5 Å². The Morgan fingerprint density at radius 3 is 2.79 bits per heavy atom. The predicted molar refractivity (Wildman–Crippen MR) is 56.4 cm³/mol. The summed E-state index contributed by atoms with van der Waals surface area (Å²) in [6.07, 6.45) is 1.83. The van der Waals surface area contributed by atoms with Crippen molar-refractivity contribution in [1.29, 1.82) is 0 Å². The third-order valence-corrected chi connectivity index (χ3v) is 2.48. The number of morpholine rings is 1. The highest BCUT2D eigenvalue weighted by molar-refractivity contribution is 5.52. The van der Waals surface area contributed by atoms with Gasteiger partial charge in [0.2, 0.25) is 0 Å². The van der Waals surface area contributed by atoms with Crippen LogP contribution in [0.2, 0.25) is 0 Å². The molecule has 4 nitrogen and oxygen atoms in total. The standard InChI is InChI=1S/C10H15N3O/c1-8-6-9(7-12-10(8)11)13-2-4-14-5-3-13/h6-7H,2-5H2,1H3,(H2,11,12). The smallest absolute Gasteiger partial charge is 0.126 e. The number of aryl methyl sites for hydroxylation is 1. The molecular formula is C10H15N3O. The number of hydrogen-bond acceptors (Lipinski definition) is 4. The molecule has 0 atom stereocenters. The van der Waals surface area contributed by atoms with E-state index in [-0.39, 0.29) is 0 Å². The third kappa shape index (κ3) is 1.80. The van der Waals surface area contributed by atoms with E-state index in [0.29, 0.717) is 5.82 Å². The minimum absolute atomic E-state index is 0.613. The average molecular weight is 193 g/mol. The Morgan fingerprint density at radius 2 is 2.14 bits per heavy atom. The van der Waals surface area contributed by atoms with Crippen LogP contribution in [0.15, 0.2) is 12.3 Å². The van der Waals surface area contributed by atoms with Crippen molar-refractivity contribution < 1.29 is 4.74 Å².